The minimum absolute atomic E-state index is 0.142. The molecule has 3 heteroatoms. The van der Waals surface area contributed by atoms with Crippen molar-refractivity contribution in [2.24, 2.45) is 0 Å². The first kappa shape index (κ1) is 8.05. The lowest BCUT2D eigenvalue weighted by molar-refractivity contribution is -0.132. The fraction of sp³-hybridized carbons (Fsp3) is 0.889. The fourth-order valence-corrected chi connectivity index (χ4v) is 2.64. The van der Waals surface area contributed by atoms with Gasteiger partial charge in [0, 0.05) is 12.5 Å². The van der Waals surface area contributed by atoms with E-state index in [1.165, 1.54) is 0 Å². The van der Waals surface area contributed by atoms with E-state index in [-0.39, 0.29) is 18.1 Å². The van der Waals surface area contributed by atoms with Gasteiger partial charge in [-0.3, -0.25) is 4.79 Å². The van der Waals surface area contributed by atoms with Crippen LogP contribution in [0.4, 0.5) is 0 Å². The molecule has 2 saturated heterocycles. The summed E-state index contributed by atoms with van der Waals surface area (Å²) >= 11 is 0. The van der Waals surface area contributed by atoms with Gasteiger partial charge in [-0.15, -0.1) is 0 Å². The Hall–Kier alpha value is -0.570. The first-order valence-corrected chi connectivity index (χ1v) is 4.63. The zero-order chi connectivity index (χ0) is 8.77. The van der Waals surface area contributed by atoms with Crippen molar-refractivity contribution in [2.45, 2.75) is 44.2 Å². The second-order valence-electron chi connectivity index (χ2n) is 4.03. The van der Waals surface area contributed by atoms with Crippen LogP contribution in [0.1, 0.15) is 32.6 Å². The highest BCUT2D eigenvalue weighted by Crippen LogP contribution is 2.42. The summed E-state index contributed by atoms with van der Waals surface area (Å²) in [6.45, 7) is 2.21. The summed E-state index contributed by atoms with van der Waals surface area (Å²) in [6, 6.07) is 0.340. The second-order valence-corrected chi connectivity index (χ2v) is 4.03. The van der Waals surface area contributed by atoms with Gasteiger partial charge in [-0.05, 0) is 26.2 Å². The maximum absolute atomic E-state index is 11.4. The van der Waals surface area contributed by atoms with Gasteiger partial charge < -0.3 is 10.0 Å². The van der Waals surface area contributed by atoms with Gasteiger partial charge in [-0.1, -0.05) is 0 Å². The number of hydrogen-bond acceptors (Lipinski definition) is 2. The maximum Gasteiger partial charge on any atom is 0.223 e. The number of fused-ring (bicyclic) bond motifs is 1. The first-order chi connectivity index (χ1) is 5.69. The lowest BCUT2D eigenvalue weighted by atomic mass is 9.95. The third-order valence-corrected chi connectivity index (χ3v) is 3.35. The van der Waals surface area contributed by atoms with Crippen molar-refractivity contribution in [1.29, 1.82) is 0 Å². The maximum atomic E-state index is 11.4. The predicted octanol–water partition coefficient (Wildman–Crippen LogP) is 0.522. The summed E-state index contributed by atoms with van der Waals surface area (Å²) in [6.07, 6.45) is 3.51. The van der Waals surface area contributed by atoms with Crippen LogP contribution >= 0.6 is 0 Å². The molecule has 0 aromatic heterocycles. The van der Waals surface area contributed by atoms with Gasteiger partial charge in [0.2, 0.25) is 5.91 Å². The highest BCUT2D eigenvalue weighted by molar-refractivity contribution is 5.80. The van der Waals surface area contributed by atoms with E-state index < -0.39 is 0 Å². The highest BCUT2D eigenvalue weighted by Gasteiger charge is 2.50. The van der Waals surface area contributed by atoms with Gasteiger partial charge in [0.25, 0.3) is 0 Å². The Kier molecular flexibility index (Phi) is 1.65. The molecule has 2 heterocycles. The summed E-state index contributed by atoms with van der Waals surface area (Å²) in [7, 11) is 0. The molecule has 1 N–H and O–H groups in total. The largest absolute Gasteiger partial charge is 0.394 e. The summed E-state index contributed by atoms with van der Waals surface area (Å²) < 4.78 is 0. The molecule has 0 aromatic rings. The van der Waals surface area contributed by atoms with Crippen LogP contribution in [0.3, 0.4) is 0 Å². The van der Waals surface area contributed by atoms with Gasteiger partial charge in [0.05, 0.1) is 12.1 Å². The molecule has 0 saturated carbocycles. The number of carbonyl (C=O) groups is 1. The molecule has 2 rings (SSSR count). The van der Waals surface area contributed by atoms with Crippen LogP contribution in [0.5, 0.6) is 0 Å². The molecule has 2 aliphatic rings. The topological polar surface area (TPSA) is 40.5 Å². The SMILES string of the molecule is CC1CCC2(CO)CCC(=O)N12. The van der Waals surface area contributed by atoms with E-state index in [9.17, 15) is 9.90 Å². The normalized spacial score (nSPS) is 40.7. The minimum Gasteiger partial charge on any atom is -0.394 e. The van der Waals surface area contributed by atoms with Crippen LogP contribution in [0.2, 0.25) is 0 Å². The molecule has 3 nitrogen and oxygen atoms in total. The Morgan fingerprint density at radius 1 is 1.67 bits per heavy atom. The third-order valence-electron chi connectivity index (χ3n) is 3.35. The lowest BCUT2D eigenvalue weighted by Crippen LogP contribution is -2.46. The van der Waals surface area contributed by atoms with Crippen LogP contribution in [0.15, 0.2) is 0 Å². The van der Waals surface area contributed by atoms with E-state index in [4.69, 9.17) is 0 Å². The molecule has 0 aromatic carbocycles. The molecule has 2 aliphatic heterocycles. The van der Waals surface area contributed by atoms with Gasteiger partial charge in [0.15, 0.2) is 0 Å². The summed E-state index contributed by atoms with van der Waals surface area (Å²) in [5.74, 6) is 0.231. The average Bonchev–Trinajstić information content (AvgIpc) is 2.55. The zero-order valence-corrected chi connectivity index (χ0v) is 7.42. The van der Waals surface area contributed by atoms with Crippen LogP contribution in [0, 0.1) is 0 Å². The van der Waals surface area contributed by atoms with Crippen LogP contribution < -0.4 is 0 Å². The number of aliphatic hydroxyl groups is 1. The molecule has 0 radical (unpaired) electrons. The number of nitrogens with zero attached hydrogens (tertiary/aromatic N) is 1. The third kappa shape index (κ3) is 0.829. The molecular formula is C9H15NO2. The van der Waals surface area contributed by atoms with Gasteiger partial charge in [-0.2, -0.15) is 0 Å². The van der Waals surface area contributed by atoms with Crippen molar-refractivity contribution in [3.05, 3.63) is 0 Å². The monoisotopic (exact) mass is 169 g/mol. The van der Waals surface area contributed by atoms with E-state index in [0.29, 0.717) is 12.5 Å². The molecule has 2 unspecified atom stereocenters. The first-order valence-electron chi connectivity index (χ1n) is 4.63. The molecule has 2 atom stereocenters. The van der Waals surface area contributed by atoms with Gasteiger partial charge in [0.1, 0.15) is 0 Å². The number of rotatable bonds is 1. The van der Waals surface area contributed by atoms with Gasteiger partial charge >= 0.3 is 0 Å². The molecule has 1 amide bonds. The van der Waals surface area contributed by atoms with E-state index in [1.807, 2.05) is 4.90 Å². The van der Waals surface area contributed by atoms with Gasteiger partial charge in [-0.25, -0.2) is 0 Å². The van der Waals surface area contributed by atoms with Crippen molar-refractivity contribution in [3.63, 3.8) is 0 Å². The molecular weight excluding hydrogens is 154 g/mol. The number of hydrogen-bond donors (Lipinski definition) is 1. The Bertz CT molecular complexity index is 217. The van der Waals surface area contributed by atoms with E-state index >= 15 is 0 Å². The number of carbonyl (C=O) groups excluding carboxylic acids is 1. The van der Waals surface area contributed by atoms with Crippen LogP contribution in [-0.2, 0) is 4.79 Å². The van der Waals surface area contributed by atoms with Crippen molar-refractivity contribution < 1.29 is 9.90 Å². The molecule has 0 spiro atoms. The summed E-state index contributed by atoms with van der Waals surface area (Å²) in [5.41, 5.74) is -0.170. The quantitative estimate of drug-likeness (QED) is 0.621. The van der Waals surface area contributed by atoms with Crippen molar-refractivity contribution in [1.82, 2.24) is 4.90 Å². The second kappa shape index (κ2) is 2.46. The average molecular weight is 169 g/mol. The number of amides is 1. The lowest BCUT2D eigenvalue weighted by Gasteiger charge is -2.32. The van der Waals surface area contributed by atoms with E-state index in [2.05, 4.69) is 6.92 Å². The number of aliphatic hydroxyl groups excluding tert-OH is 1. The fourth-order valence-electron chi connectivity index (χ4n) is 2.64. The van der Waals surface area contributed by atoms with Crippen LogP contribution in [0.25, 0.3) is 0 Å². The Morgan fingerprint density at radius 3 is 3.00 bits per heavy atom. The van der Waals surface area contributed by atoms with E-state index in [1.54, 1.807) is 0 Å². The Labute approximate surface area is 72.4 Å². The Morgan fingerprint density at radius 2 is 2.42 bits per heavy atom. The minimum atomic E-state index is -0.170. The predicted molar refractivity (Wildman–Crippen MR) is 44.6 cm³/mol. The van der Waals surface area contributed by atoms with E-state index in [0.717, 1.165) is 19.3 Å². The summed E-state index contributed by atoms with van der Waals surface area (Å²) in [4.78, 5) is 13.4. The molecule has 12 heavy (non-hydrogen) atoms. The molecule has 68 valence electrons. The van der Waals surface area contributed by atoms with Crippen molar-refractivity contribution in [2.75, 3.05) is 6.61 Å². The molecule has 2 fully saturated rings. The highest BCUT2D eigenvalue weighted by atomic mass is 16.3. The molecule has 0 aliphatic carbocycles. The smallest absolute Gasteiger partial charge is 0.223 e. The van der Waals surface area contributed by atoms with Crippen LogP contribution in [-0.4, -0.2) is 34.1 Å². The van der Waals surface area contributed by atoms with Crippen molar-refractivity contribution >= 4 is 5.91 Å². The Balaban J connectivity index is 2.29. The van der Waals surface area contributed by atoms with Crippen molar-refractivity contribution in [3.8, 4) is 0 Å². The zero-order valence-electron chi connectivity index (χ0n) is 7.42. The summed E-state index contributed by atoms with van der Waals surface area (Å²) in [5, 5.41) is 9.27. The molecule has 0 bridgehead atoms. The standard InChI is InChI=1S/C9H15NO2/c1-7-2-4-9(6-11)5-3-8(12)10(7)9/h7,11H,2-6H2,1H3.